The maximum Gasteiger partial charge on any atom is 0.434 e. The van der Waals surface area contributed by atoms with Gasteiger partial charge in [-0.05, 0) is 66.6 Å². The molecule has 0 fully saturated rings. The maximum atomic E-state index is 14.3. The number of hydrogen-bond acceptors (Lipinski definition) is 7. The number of halogens is 5. The minimum absolute atomic E-state index is 0.0654. The van der Waals surface area contributed by atoms with Crippen LogP contribution in [0.2, 0.25) is 5.02 Å². The second-order valence-electron chi connectivity index (χ2n) is 9.39. The predicted molar refractivity (Wildman–Crippen MR) is 162 cm³/mol. The molecule has 0 saturated carbocycles. The van der Waals surface area contributed by atoms with Crippen molar-refractivity contribution in [3.05, 3.63) is 129 Å². The Bertz CT molecular complexity index is 2000. The highest BCUT2D eigenvalue weighted by atomic mass is 79.9. The molecule has 13 heteroatoms. The number of hydrogen-bond donors (Lipinski definition) is 0. The van der Waals surface area contributed by atoms with Crippen molar-refractivity contribution in [3.8, 4) is 11.8 Å². The third-order valence-electron chi connectivity index (χ3n) is 6.52. The molecule has 0 unspecified atom stereocenters. The molecule has 1 aliphatic rings. The van der Waals surface area contributed by atoms with Crippen LogP contribution >= 0.6 is 38.9 Å². The van der Waals surface area contributed by atoms with Crippen LogP contribution < -0.4 is 19.6 Å². The molecular formula is C31H20BrClF3N3O4S. The van der Waals surface area contributed by atoms with Gasteiger partial charge in [0.2, 0.25) is 0 Å². The first-order valence-electron chi connectivity index (χ1n) is 13.0. The fraction of sp³-hybridized carbons (Fsp3) is 0.161. The van der Waals surface area contributed by atoms with E-state index in [1.165, 1.54) is 37.3 Å². The summed E-state index contributed by atoms with van der Waals surface area (Å²) in [5.74, 6) is -0.830. The van der Waals surface area contributed by atoms with Crippen LogP contribution in [0.15, 0.2) is 92.3 Å². The Morgan fingerprint density at radius 3 is 2.50 bits per heavy atom. The minimum Gasteiger partial charge on any atom is -0.488 e. The molecule has 224 valence electrons. The Balaban J connectivity index is 1.66. The van der Waals surface area contributed by atoms with Gasteiger partial charge in [-0.3, -0.25) is 9.36 Å². The lowest BCUT2D eigenvalue weighted by Crippen LogP contribution is -2.41. The van der Waals surface area contributed by atoms with Gasteiger partial charge in [0.05, 0.1) is 34.4 Å². The van der Waals surface area contributed by atoms with Crippen molar-refractivity contribution in [1.82, 2.24) is 4.57 Å². The lowest BCUT2D eigenvalue weighted by Gasteiger charge is -2.26. The third-order valence-corrected chi connectivity index (χ3v) is 8.24. The number of esters is 1. The average Bonchev–Trinajstić information content (AvgIpc) is 3.30. The number of carbonyl (C=O) groups excluding carboxylic acids is 1. The summed E-state index contributed by atoms with van der Waals surface area (Å²) in [5.41, 5.74) is -0.893. The zero-order valence-electron chi connectivity index (χ0n) is 22.7. The van der Waals surface area contributed by atoms with Gasteiger partial charge >= 0.3 is 12.1 Å². The molecule has 1 aliphatic heterocycles. The van der Waals surface area contributed by atoms with E-state index in [0.29, 0.717) is 26.4 Å². The van der Waals surface area contributed by atoms with Crippen LogP contribution in [0.25, 0.3) is 6.08 Å². The zero-order valence-corrected chi connectivity index (χ0v) is 25.9. The number of nitriles is 1. The van der Waals surface area contributed by atoms with Crippen LogP contribution in [-0.4, -0.2) is 23.3 Å². The first-order chi connectivity index (χ1) is 21.0. The summed E-state index contributed by atoms with van der Waals surface area (Å²) >= 11 is 10.2. The average molecular weight is 703 g/mol. The Hall–Kier alpha value is -4.18. The van der Waals surface area contributed by atoms with Crippen molar-refractivity contribution in [3.63, 3.8) is 0 Å². The second kappa shape index (κ2) is 12.8. The second-order valence-corrected chi connectivity index (χ2v) is 11.8. The molecule has 0 aliphatic carbocycles. The number of nitrogens with zero attached hydrogens (tertiary/aromatic N) is 3. The van der Waals surface area contributed by atoms with E-state index < -0.39 is 35.0 Å². The van der Waals surface area contributed by atoms with Gasteiger partial charge in [-0.1, -0.05) is 63.1 Å². The van der Waals surface area contributed by atoms with Crippen LogP contribution in [0.1, 0.15) is 35.2 Å². The molecule has 0 N–H and O–H groups in total. The summed E-state index contributed by atoms with van der Waals surface area (Å²) in [4.78, 5) is 30.5. The van der Waals surface area contributed by atoms with E-state index in [0.717, 1.165) is 21.5 Å². The molecule has 2 heterocycles. The first kappa shape index (κ1) is 31.3. The van der Waals surface area contributed by atoms with Gasteiger partial charge in [-0.15, -0.1) is 0 Å². The van der Waals surface area contributed by atoms with E-state index in [1.54, 1.807) is 42.5 Å². The van der Waals surface area contributed by atoms with Crippen LogP contribution in [0.5, 0.6) is 5.75 Å². The van der Waals surface area contributed by atoms with Gasteiger partial charge in [0.25, 0.3) is 5.56 Å². The summed E-state index contributed by atoms with van der Waals surface area (Å²) in [7, 11) is 0. The summed E-state index contributed by atoms with van der Waals surface area (Å²) in [6.45, 7) is 1.44. The smallest absolute Gasteiger partial charge is 0.434 e. The number of thiazole rings is 1. The Morgan fingerprint density at radius 1 is 1.16 bits per heavy atom. The van der Waals surface area contributed by atoms with E-state index in [1.807, 2.05) is 0 Å². The van der Waals surface area contributed by atoms with Crippen LogP contribution in [0.3, 0.4) is 0 Å². The summed E-state index contributed by atoms with van der Waals surface area (Å²) < 4.78 is 55.9. The first-order valence-corrected chi connectivity index (χ1v) is 15.0. The van der Waals surface area contributed by atoms with Crippen molar-refractivity contribution < 1.29 is 27.4 Å². The monoisotopic (exact) mass is 701 g/mol. The third kappa shape index (κ3) is 6.50. The molecule has 0 spiro atoms. The number of fused-ring (bicyclic) bond motifs is 1. The largest absolute Gasteiger partial charge is 0.488 e. The highest BCUT2D eigenvalue weighted by Gasteiger charge is 2.45. The number of ether oxygens (including phenoxy) is 2. The van der Waals surface area contributed by atoms with E-state index >= 15 is 0 Å². The van der Waals surface area contributed by atoms with Gasteiger partial charge < -0.3 is 9.47 Å². The maximum absolute atomic E-state index is 14.3. The minimum atomic E-state index is -5.02. The van der Waals surface area contributed by atoms with E-state index in [2.05, 4.69) is 27.0 Å². The molecular weight excluding hydrogens is 683 g/mol. The molecule has 0 amide bonds. The van der Waals surface area contributed by atoms with Gasteiger partial charge in [-0.25, -0.2) is 9.79 Å². The van der Waals surface area contributed by atoms with Gasteiger partial charge in [0, 0.05) is 15.1 Å². The molecule has 0 saturated heterocycles. The summed E-state index contributed by atoms with van der Waals surface area (Å²) in [5, 5.41) is 9.35. The van der Waals surface area contributed by atoms with Crippen LogP contribution in [-0.2, 0) is 16.1 Å². The van der Waals surface area contributed by atoms with Crippen molar-refractivity contribution in [2.24, 2.45) is 4.99 Å². The van der Waals surface area contributed by atoms with Crippen molar-refractivity contribution in [2.75, 3.05) is 6.61 Å². The SMILES string of the molecule is CCOC(=O)C1=C(C(F)(F)F)N=c2s/c(=C\c3cc(Br)ccc3OCc3ccc(C#N)cc3)c(=O)n2[C@@H]1c1ccc(Cl)cc1. The molecule has 0 bridgehead atoms. The van der Waals surface area contributed by atoms with E-state index in [9.17, 15) is 22.8 Å². The van der Waals surface area contributed by atoms with Gasteiger partial charge in [0.15, 0.2) is 10.5 Å². The van der Waals surface area contributed by atoms with Gasteiger partial charge in [0.1, 0.15) is 12.4 Å². The number of carbonyl (C=O) groups is 1. The van der Waals surface area contributed by atoms with Crippen LogP contribution in [0, 0.1) is 11.3 Å². The normalized spacial score (nSPS) is 14.9. The highest BCUT2D eigenvalue weighted by Crippen LogP contribution is 2.38. The lowest BCUT2D eigenvalue weighted by molar-refractivity contribution is -0.140. The number of allylic oxidation sites excluding steroid dienone is 1. The number of benzene rings is 3. The van der Waals surface area contributed by atoms with Crippen molar-refractivity contribution in [1.29, 1.82) is 5.26 Å². The van der Waals surface area contributed by atoms with Gasteiger partial charge in [-0.2, -0.15) is 18.4 Å². The zero-order chi connectivity index (χ0) is 31.6. The molecule has 7 nitrogen and oxygen atoms in total. The standard InChI is InChI=1S/C31H20BrClF3N3O4S/c1-2-42-29(41)25-26(19-7-10-22(33)11-8-19)39-28(40)24(44-30(39)38-27(25)31(34,35)36)14-20-13-21(32)9-12-23(20)43-16-18-5-3-17(15-37)4-6-18/h3-14,26H,2,16H2,1H3/b24-14-/t26-/m1/s1. The molecule has 1 aromatic heterocycles. The number of alkyl halides is 3. The van der Waals surface area contributed by atoms with E-state index in [-0.39, 0.29) is 28.1 Å². The van der Waals surface area contributed by atoms with Crippen molar-refractivity contribution >= 4 is 50.9 Å². The molecule has 4 aromatic rings. The van der Waals surface area contributed by atoms with Crippen LogP contribution in [0.4, 0.5) is 13.2 Å². The molecule has 0 radical (unpaired) electrons. The Labute approximate surface area is 265 Å². The molecule has 44 heavy (non-hydrogen) atoms. The topological polar surface area (TPSA) is 93.7 Å². The van der Waals surface area contributed by atoms with E-state index in [4.69, 9.17) is 26.3 Å². The highest BCUT2D eigenvalue weighted by molar-refractivity contribution is 9.10. The Kier molecular flexibility index (Phi) is 9.10. The molecule has 3 aromatic carbocycles. The number of rotatable bonds is 7. The lowest BCUT2D eigenvalue weighted by atomic mass is 9.95. The fourth-order valence-corrected chi connectivity index (χ4v) is 6.04. The molecule has 1 atom stereocenters. The molecule has 5 rings (SSSR count). The fourth-order valence-electron chi connectivity index (χ4n) is 4.54. The summed E-state index contributed by atoms with van der Waals surface area (Å²) in [6.07, 6.45) is -3.51. The van der Waals surface area contributed by atoms with Crippen molar-refractivity contribution in [2.45, 2.75) is 25.7 Å². The Morgan fingerprint density at radius 2 is 1.86 bits per heavy atom. The summed E-state index contributed by atoms with van der Waals surface area (Å²) in [6, 6.07) is 18.4. The number of aromatic nitrogens is 1. The predicted octanol–water partition coefficient (Wildman–Crippen LogP) is 6.21. The quantitative estimate of drug-likeness (QED) is 0.214.